The van der Waals surface area contributed by atoms with Crippen LogP contribution in [0.15, 0.2) is 188 Å². The maximum Gasteiger partial charge on any atom is 0.0645 e. The van der Waals surface area contributed by atoms with Crippen LogP contribution < -0.4 is 0 Å². The molecule has 51 heavy (non-hydrogen) atoms. The lowest BCUT2D eigenvalue weighted by Gasteiger charge is -2.13. The predicted octanol–water partition coefficient (Wildman–Crippen LogP) is 12.6. The number of fused-ring (bicyclic) bond motifs is 9. The number of benzene rings is 8. The molecule has 3 nitrogen and oxygen atoms in total. The summed E-state index contributed by atoms with van der Waals surface area (Å²) in [5.41, 5.74) is -2.19. The van der Waals surface area contributed by atoms with E-state index in [0.717, 1.165) is 14.7 Å². The lowest BCUT2D eigenvalue weighted by Crippen LogP contribution is -1.98. The number of aromatic nitrogens is 3. The van der Waals surface area contributed by atoms with Gasteiger partial charge in [0.1, 0.15) is 0 Å². The van der Waals surface area contributed by atoms with Crippen molar-refractivity contribution in [2.45, 2.75) is 0 Å². The third kappa shape index (κ3) is 4.00. The minimum Gasteiger partial charge on any atom is -0.309 e. The molecule has 0 fully saturated rings. The molecule has 11 aromatic rings. The number of hydrogen-bond acceptors (Lipinski definition) is 0. The SMILES string of the molecule is [2H]c1c([2H])c([2H])c2c(c1[2H])c1c(-n3c4c([2H])c([2H])c([2H])c([2H])c4c4c(-n5c6c([2H])c([2H])c([2H])c([2H])c6c6c([2H])c([2H])c([2H])c([2H])c65)c([2H])c([2H])c([2H])c43)c([2H])c([2H])c([2H])c1n2-c1cccc(-c2ccccc2)c1. The second kappa shape index (κ2) is 10.8. The Morgan fingerprint density at radius 3 is 1.35 bits per heavy atom. The van der Waals surface area contributed by atoms with E-state index in [1.54, 1.807) is 24.3 Å². The summed E-state index contributed by atoms with van der Waals surface area (Å²) in [4.78, 5) is 0. The Hall–Kier alpha value is -6.84. The Morgan fingerprint density at radius 1 is 0.333 bits per heavy atom. The topological polar surface area (TPSA) is 14.8 Å². The van der Waals surface area contributed by atoms with E-state index in [1.165, 1.54) is 4.57 Å². The second-order valence-corrected chi connectivity index (χ2v) is 11.7. The average molecular weight is 672 g/mol. The van der Waals surface area contributed by atoms with Gasteiger partial charge in [0, 0.05) is 38.0 Å². The molecule has 0 atom stereocenters. The Morgan fingerprint density at radius 2 is 0.765 bits per heavy atom. The number of para-hydroxylation sites is 4. The molecule has 3 heterocycles. The first kappa shape index (κ1) is 14.2. The molecule has 0 aliphatic heterocycles. The molecule has 0 aliphatic carbocycles. The molecule has 0 bridgehead atoms. The second-order valence-electron chi connectivity index (χ2n) is 11.7. The first-order valence-electron chi connectivity index (χ1n) is 26.7. The lowest BCUT2D eigenvalue weighted by atomic mass is 10.1. The molecule has 11 rings (SSSR count). The molecule has 238 valence electrons. The Kier molecular flexibility index (Phi) is 3.01. The van der Waals surface area contributed by atoms with E-state index in [-0.39, 0.29) is 27.5 Å². The molecule has 3 heteroatoms. The van der Waals surface area contributed by atoms with Crippen molar-refractivity contribution >= 4 is 65.4 Å². The van der Waals surface area contributed by atoms with Crippen molar-refractivity contribution < 1.29 is 30.2 Å². The number of nitrogens with zero attached hydrogens (tertiary/aromatic N) is 3. The van der Waals surface area contributed by atoms with Crippen molar-refractivity contribution in [3.63, 3.8) is 0 Å². The molecule has 0 spiro atoms. The fourth-order valence-corrected chi connectivity index (χ4v) is 7.03. The van der Waals surface area contributed by atoms with Gasteiger partial charge in [0.25, 0.3) is 0 Å². The molecular weight excluding hydrogens is 619 g/mol. The third-order valence-electron chi connectivity index (χ3n) is 9.09. The molecule has 3 aromatic heterocycles. The maximum atomic E-state index is 9.75. The molecule has 8 aromatic carbocycles. The standard InChI is InChI=1S/C48H31N3/c1-2-15-32(16-3-1)33-17-12-18-34(31-33)49-41-25-10-6-21-37(41)47-43(49)27-13-29-45(47)51-42-26-11-7-22-38(42)48-44(28-14-30-46(48)51)50-39-23-8-4-19-35(39)36-20-5-9-24-40(36)50/h1-31H/i4D,5D,6D,7D,8D,9D,10D,11D,13D,14D,19D,20D,21D,22D,23D,24D,25D,26D,27D,28D,29D,30D. The summed E-state index contributed by atoms with van der Waals surface area (Å²) in [7, 11) is 0. The van der Waals surface area contributed by atoms with Gasteiger partial charge in [0.2, 0.25) is 0 Å². The van der Waals surface area contributed by atoms with E-state index < -0.39 is 188 Å². The van der Waals surface area contributed by atoms with Crippen LogP contribution in [0.5, 0.6) is 0 Å². The van der Waals surface area contributed by atoms with Gasteiger partial charge in [-0.1, -0.05) is 127 Å². The van der Waals surface area contributed by atoms with Gasteiger partial charge in [0.05, 0.1) is 74.6 Å². The average Bonchev–Trinajstić information content (AvgIpc) is 4.05. The van der Waals surface area contributed by atoms with E-state index >= 15 is 0 Å². The minimum atomic E-state index is -0.938. The highest BCUT2D eigenvalue weighted by molar-refractivity contribution is 6.19. The largest absolute Gasteiger partial charge is 0.309 e. The van der Waals surface area contributed by atoms with Crippen LogP contribution in [0.4, 0.5) is 0 Å². The molecule has 0 saturated heterocycles. The summed E-state index contributed by atoms with van der Waals surface area (Å²) in [5, 5.41) is -2.47. The van der Waals surface area contributed by atoms with Crippen molar-refractivity contribution in [2.75, 3.05) is 0 Å². The van der Waals surface area contributed by atoms with Crippen LogP contribution in [-0.4, -0.2) is 13.7 Å². The van der Waals surface area contributed by atoms with Gasteiger partial charge in [-0.05, 0) is 71.6 Å². The smallest absolute Gasteiger partial charge is 0.0645 e. The van der Waals surface area contributed by atoms with Gasteiger partial charge in [-0.3, -0.25) is 0 Å². The zero-order valence-electron chi connectivity index (χ0n) is 48.0. The molecule has 0 aliphatic rings. The van der Waals surface area contributed by atoms with Crippen molar-refractivity contribution in [1.82, 2.24) is 13.7 Å². The summed E-state index contributed by atoms with van der Waals surface area (Å²) in [6, 6.07) is -1.50. The van der Waals surface area contributed by atoms with Gasteiger partial charge >= 0.3 is 0 Å². The van der Waals surface area contributed by atoms with E-state index in [9.17, 15) is 16.4 Å². The van der Waals surface area contributed by atoms with Crippen LogP contribution in [0, 0.1) is 0 Å². The van der Waals surface area contributed by atoms with Crippen LogP contribution in [0.3, 0.4) is 0 Å². The lowest BCUT2D eigenvalue weighted by molar-refractivity contribution is 1.17. The minimum absolute atomic E-state index is 0.219. The van der Waals surface area contributed by atoms with Crippen LogP contribution in [0.1, 0.15) is 30.2 Å². The van der Waals surface area contributed by atoms with Gasteiger partial charge in [-0.2, -0.15) is 0 Å². The Labute approximate surface area is 325 Å². The highest BCUT2D eigenvalue weighted by Gasteiger charge is 2.22. The van der Waals surface area contributed by atoms with Crippen molar-refractivity contribution in [3.8, 4) is 28.2 Å². The summed E-state index contributed by atoms with van der Waals surface area (Å²) in [6.45, 7) is 0. The fourth-order valence-electron chi connectivity index (χ4n) is 7.03. The highest BCUT2D eigenvalue weighted by Crippen LogP contribution is 2.43. The van der Waals surface area contributed by atoms with E-state index in [0.29, 0.717) is 5.56 Å². The van der Waals surface area contributed by atoms with Crippen LogP contribution in [-0.2, 0) is 0 Å². The summed E-state index contributed by atoms with van der Waals surface area (Å²) < 4.78 is 205. The van der Waals surface area contributed by atoms with E-state index in [4.69, 9.17) is 13.7 Å². The number of hydrogen-bond donors (Lipinski definition) is 0. The zero-order chi connectivity index (χ0) is 52.6. The molecule has 0 radical (unpaired) electrons. The monoisotopic (exact) mass is 671 g/mol. The number of rotatable bonds is 4. The van der Waals surface area contributed by atoms with E-state index in [1.807, 2.05) is 30.3 Å². The molecule has 0 N–H and O–H groups in total. The summed E-state index contributed by atoms with van der Waals surface area (Å²) in [6.07, 6.45) is 0. The van der Waals surface area contributed by atoms with Crippen molar-refractivity contribution in [2.24, 2.45) is 0 Å². The predicted molar refractivity (Wildman–Crippen MR) is 215 cm³/mol. The van der Waals surface area contributed by atoms with Crippen LogP contribution >= 0.6 is 0 Å². The van der Waals surface area contributed by atoms with Crippen molar-refractivity contribution in [1.29, 1.82) is 0 Å². The van der Waals surface area contributed by atoms with Crippen molar-refractivity contribution in [3.05, 3.63) is 188 Å². The molecular formula is C48H31N3. The van der Waals surface area contributed by atoms with E-state index in [2.05, 4.69) is 0 Å². The Balaban J connectivity index is 1.46. The summed E-state index contributed by atoms with van der Waals surface area (Å²) in [5.74, 6) is 0. The van der Waals surface area contributed by atoms with Crippen LogP contribution in [0.2, 0.25) is 0 Å². The third-order valence-corrected chi connectivity index (χ3v) is 9.09. The zero-order valence-corrected chi connectivity index (χ0v) is 26.0. The maximum absolute atomic E-state index is 9.75. The molecule has 0 unspecified atom stereocenters. The molecule has 0 saturated carbocycles. The quantitative estimate of drug-likeness (QED) is 0.177. The van der Waals surface area contributed by atoms with Gasteiger partial charge in [0.15, 0.2) is 0 Å². The summed E-state index contributed by atoms with van der Waals surface area (Å²) >= 11 is 0. The highest BCUT2D eigenvalue weighted by atomic mass is 15.0. The van der Waals surface area contributed by atoms with Gasteiger partial charge in [-0.15, -0.1) is 0 Å². The first-order chi connectivity index (χ1) is 34.5. The Bertz CT molecular complexity index is 4320. The first-order valence-corrected chi connectivity index (χ1v) is 15.7. The molecule has 0 amide bonds. The normalized spacial score (nSPS) is 18.0. The van der Waals surface area contributed by atoms with Gasteiger partial charge < -0.3 is 13.7 Å². The van der Waals surface area contributed by atoms with Crippen LogP contribution in [0.25, 0.3) is 93.6 Å². The van der Waals surface area contributed by atoms with Gasteiger partial charge in [-0.25, -0.2) is 0 Å². The fraction of sp³-hybridized carbons (Fsp3) is 0.